The van der Waals surface area contributed by atoms with Crippen LogP contribution in [0.3, 0.4) is 0 Å². The molecule has 0 bridgehead atoms. The smallest absolute Gasteiger partial charge is 0.264 e. The molecule has 26 heavy (non-hydrogen) atoms. The number of amides is 1. The van der Waals surface area contributed by atoms with Gasteiger partial charge in [-0.05, 0) is 42.3 Å². The van der Waals surface area contributed by atoms with Crippen LogP contribution in [0, 0.1) is 0 Å². The van der Waals surface area contributed by atoms with E-state index in [0.29, 0.717) is 25.3 Å². The van der Waals surface area contributed by atoms with Gasteiger partial charge >= 0.3 is 0 Å². The van der Waals surface area contributed by atoms with Gasteiger partial charge in [0.2, 0.25) is 0 Å². The lowest BCUT2D eigenvalue weighted by molar-refractivity contribution is -0.122. The monoisotopic (exact) mass is 372 g/mol. The van der Waals surface area contributed by atoms with E-state index in [0.717, 1.165) is 11.3 Å². The zero-order chi connectivity index (χ0) is 18.6. The first-order chi connectivity index (χ1) is 12.5. The van der Waals surface area contributed by atoms with Gasteiger partial charge in [-0.2, -0.15) is 0 Å². The van der Waals surface area contributed by atoms with Crippen LogP contribution in [-0.2, 0) is 21.2 Å². The van der Waals surface area contributed by atoms with Crippen molar-refractivity contribution in [1.29, 1.82) is 0 Å². The number of benzene rings is 2. The summed E-state index contributed by atoms with van der Waals surface area (Å²) in [6, 6.07) is 13.6. The van der Waals surface area contributed by atoms with Gasteiger partial charge in [0.1, 0.15) is 5.75 Å². The number of hydrogen-bond donors (Lipinski definition) is 1. The summed E-state index contributed by atoms with van der Waals surface area (Å²) in [5, 5.41) is 2.60. The molecule has 0 unspecified atom stereocenters. The second-order valence-electron chi connectivity index (χ2n) is 5.81. The van der Waals surface area contributed by atoms with Crippen molar-refractivity contribution < 1.29 is 17.9 Å². The second kappa shape index (κ2) is 7.61. The number of rotatable bonds is 7. The van der Waals surface area contributed by atoms with Crippen molar-refractivity contribution in [2.24, 2.45) is 0 Å². The van der Waals surface area contributed by atoms with Gasteiger partial charge in [-0.3, -0.25) is 9.10 Å². The molecule has 2 aromatic carbocycles. The molecule has 2 aromatic rings. The summed E-state index contributed by atoms with van der Waals surface area (Å²) in [7, 11) is -3.62. The molecule has 1 aliphatic heterocycles. The third-order valence-electron chi connectivity index (χ3n) is 4.07. The number of sulfonamides is 1. The average Bonchev–Trinajstić information content (AvgIpc) is 3.10. The van der Waals surface area contributed by atoms with Crippen LogP contribution in [0.2, 0.25) is 0 Å². The van der Waals surface area contributed by atoms with E-state index in [4.69, 9.17) is 4.74 Å². The molecule has 1 aliphatic rings. The van der Waals surface area contributed by atoms with E-state index in [1.165, 1.54) is 16.4 Å². The largest absolute Gasteiger partial charge is 0.484 e. The number of nitrogens with one attached hydrogen (secondary N) is 1. The van der Waals surface area contributed by atoms with E-state index in [1.54, 1.807) is 18.2 Å². The van der Waals surface area contributed by atoms with Crippen molar-refractivity contribution in [3.05, 3.63) is 66.7 Å². The zero-order valence-electron chi connectivity index (χ0n) is 14.2. The fourth-order valence-corrected chi connectivity index (χ4v) is 4.28. The first-order valence-corrected chi connectivity index (χ1v) is 9.67. The van der Waals surface area contributed by atoms with E-state index in [1.807, 2.05) is 24.3 Å². The van der Waals surface area contributed by atoms with Gasteiger partial charge in [-0.1, -0.05) is 24.3 Å². The minimum Gasteiger partial charge on any atom is -0.484 e. The van der Waals surface area contributed by atoms with Crippen LogP contribution >= 0.6 is 0 Å². The number of ether oxygens (including phenoxy) is 1. The SMILES string of the molecule is C=CCNC(=O)COc1ccc(S(=O)(=O)N2CCc3ccccc32)cc1. The Morgan fingerprint density at radius 2 is 1.92 bits per heavy atom. The molecule has 1 N–H and O–H groups in total. The normalized spacial score (nSPS) is 13.2. The van der Waals surface area contributed by atoms with E-state index < -0.39 is 10.0 Å². The number of anilines is 1. The van der Waals surface area contributed by atoms with E-state index >= 15 is 0 Å². The van der Waals surface area contributed by atoms with Gasteiger partial charge in [-0.15, -0.1) is 6.58 Å². The molecule has 7 heteroatoms. The van der Waals surface area contributed by atoms with E-state index in [2.05, 4.69) is 11.9 Å². The van der Waals surface area contributed by atoms with Crippen molar-refractivity contribution in [2.45, 2.75) is 11.3 Å². The highest BCUT2D eigenvalue weighted by atomic mass is 32.2. The molecule has 1 amide bonds. The molecular formula is C19H20N2O4S. The predicted octanol–water partition coefficient (Wildman–Crippen LogP) is 2.12. The van der Waals surface area contributed by atoms with Crippen molar-refractivity contribution >= 4 is 21.6 Å². The number of nitrogens with zero attached hydrogens (tertiary/aromatic N) is 1. The van der Waals surface area contributed by atoms with Gasteiger partial charge in [0.25, 0.3) is 15.9 Å². The summed E-state index contributed by atoms with van der Waals surface area (Å²) in [5.74, 6) is 0.162. The number of hydrogen-bond acceptors (Lipinski definition) is 4. The minimum atomic E-state index is -3.62. The fourth-order valence-electron chi connectivity index (χ4n) is 2.78. The Morgan fingerprint density at radius 1 is 1.19 bits per heavy atom. The Hall–Kier alpha value is -2.80. The third-order valence-corrected chi connectivity index (χ3v) is 5.90. The van der Waals surface area contributed by atoms with E-state index in [9.17, 15) is 13.2 Å². The van der Waals surface area contributed by atoms with Gasteiger partial charge < -0.3 is 10.1 Å². The number of carbonyl (C=O) groups excluding carboxylic acids is 1. The number of para-hydroxylation sites is 1. The Morgan fingerprint density at radius 3 is 2.65 bits per heavy atom. The molecule has 0 saturated heterocycles. The lowest BCUT2D eigenvalue weighted by Gasteiger charge is -2.19. The highest BCUT2D eigenvalue weighted by molar-refractivity contribution is 7.92. The molecule has 1 heterocycles. The Labute approximate surface area is 153 Å². The summed E-state index contributed by atoms with van der Waals surface area (Å²) >= 11 is 0. The van der Waals surface area contributed by atoms with Crippen LogP contribution in [0.15, 0.2) is 66.1 Å². The highest BCUT2D eigenvalue weighted by Crippen LogP contribution is 2.32. The first kappa shape index (κ1) is 18.0. The molecule has 3 rings (SSSR count). The van der Waals surface area contributed by atoms with Crippen LogP contribution in [0.5, 0.6) is 5.75 Å². The Bertz CT molecular complexity index is 907. The summed E-state index contributed by atoms with van der Waals surface area (Å²) in [4.78, 5) is 11.7. The van der Waals surface area contributed by atoms with Crippen LogP contribution in [-0.4, -0.2) is 34.0 Å². The van der Waals surface area contributed by atoms with Gasteiger partial charge in [0, 0.05) is 13.1 Å². The number of fused-ring (bicyclic) bond motifs is 1. The van der Waals surface area contributed by atoms with Crippen LogP contribution in [0.25, 0.3) is 0 Å². The lowest BCUT2D eigenvalue weighted by Crippen LogP contribution is -2.29. The summed E-state index contributed by atoms with van der Waals surface area (Å²) in [6.45, 7) is 4.18. The Balaban J connectivity index is 1.70. The Kier molecular flexibility index (Phi) is 5.27. The molecule has 136 valence electrons. The van der Waals surface area contributed by atoms with Crippen molar-refractivity contribution in [3.63, 3.8) is 0 Å². The van der Waals surface area contributed by atoms with Crippen LogP contribution in [0.1, 0.15) is 5.56 Å². The van der Waals surface area contributed by atoms with Crippen molar-refractivity contribution in [3.8, 4) is 5.75 Å². The molecular weight excluding hydrogens is 352 g/mol. The fraction of sp³-hybridized carbons (Fsp3) is 0.211. The summed E-state index contributed by atoms with van der Waals surface area (Å²) in [6.07, 6.45) is 2.28. The van der Waals surface area contributed by atoms with Gasteiger partial charge in [-0.25, -0.2) is 8.42 Å². The zero-order valence-corrected chi connectivity index (χ0v) is 15.0. The predicted molar refractivity (Wildman–Crippen MR) is 99.8 cm³/mol. The maximum absolute atomic E-state index is 12.9. The van der Waals surface area contributed by atoms with Crippen LogP contribution < -0.4 is 14.4 Å². The summed E-state index contributed by atoms with van der Waals surface area (Å²) < 4.78 is 32.6. The molecule has 0 aliphatic carbocycles. The highest BCUT2D eigenvalue weighted by Gasteiger charge is 2.30. The van der Waals surface area contributed by atoms with Crippen LogP contribution in [0.4, 0.5) is 5.69 Å². The maximum atomic E-state index is 12.9. The summed E-state index contributed by atoms with van der Waals surface area (Å²) in [5.41, 5.74) is 1.76. The molecule has 6 nitrogen and oxygen atoms in total. The maximum Gasteiger partial charge on any atom is 0.264 e. The molecule has 0 saturated carbocycles. The molecule has 0 spiro atoms. The second-order valence-corrected chi connectivity index (χ2v) is 7.67. The van der Waals surface area contributed by atoms with Gasteiger partial charge in [0.15, 0.2) is 6.61 Å². The molecule has 0 fully saturated rings. The number of carbonyl (C=O) groups is 1. The molecule has 0 radical (unpaired) electrons. The van der Waals surface area contributed by atoms with Crippen molar-refractivity contribution in [2.75, 3.05) is 24.0 Å². The van der Waals surface area contributed by atoms with Gasteiger partial charge in [0.05, 0.1) is 10.6 Å². The quantitative estimate of drug-likeness (QED) is 0.756. The lowest BCUT2D eigenvalue weighted by atomic mass is 10.2. The standard InChI is InChI=1S/C19H20N2O4S/c1-2-12-20-19(22)14-25-16-7-9-17(10-8-16)26(23,24)21-13-11-15-5-3-4-6-18(15)21/h2-10H,1,11-14H2,(H,20,22). The third kappa shape index (κ3) is 3.72. The first-order valence-electron chi connectivity index (χ1n) is 8.23. The molecule has 0 aromatic heterocycles. The topological polar surface area (TPSA) is 75.7 Å². The average molecular weight is 372 g/mol. The molecule has 0 atom stereocenters. The minimum absolute atomic E-state index is 0.139. The van der Waals surface area contributed by atoms with E-state index in [-0.39, 0.29) is 17.4 Å². The van der Waals surface area contributed by atoms with Crippen molar-refractivity contribution in [1.82, 2.24) is 5.32 Å².